The van der Waals surface area contributed by atoms with E-state index in [1.54, 1.807) is 11.9 Å². The second-order valence-corrected chi connectivity index (χ2v) is 3.85. The summed E-state index contributed by atoms with van der Waals surface area (Å²) in [6.45, 7) is 0.554. The van der Waals surface area contributed by atoms with E-state index in [2.05, 4.69) is 10.2 Å². The van der Waals surface area contributed by atoms with Crippen molar-refractivity contribution in [3.8, 4) is 0 Å². The second kappa shape index (κ2) is 4.69. The Morgan fingerprint density at radius 3 is 2.71 bits per heavy atom. The molecular formula is C12H14N4O. The number of aromatic nitrogens is 2. The van der Waals surface area contributed by atoms with Gasteiger partial charge in [-0.1, -0.05) is 30.3 Å². The lowest BCUT2D eigenvalue weighted by Crippen LogP contribution is -2.26. The summed E-state index contributed by atoms with van der Waals surface area (Å²) < 4.78 is 0. The van der Waals surface area contributed by atoms with Gasteiger partial charge in [0.2, 0.25) is 0 Å². The Kier molecular flexibility index (Phi) is 3.09. The van der Waals surface area contributed by atoms with Crippen LogP contribution in [-0.4, -0.2) is 28.1 Å². The molecule has 17 heavy (non-hydrogen) atoms. The van der Waals surface area contributed by atoms with Gasteiger partial charge < -0.3 is 10.6 Å². The van der Waals surface area contributed by atoms with Crippen LogP contribution in [0.15, 0.2) is 36.4 Å². The number of nitrogens with two attached hydrogens (primary N) is 1. The first kappa shape index (κ1) is 11.2. The molecule has 0 aliphatic heterocycles. The zero-order chi connectivity index (χ0) is 12.3. The number of carbonyl (C=O) groups excluding carboxylic acids is 1. The molecule has 5 heteroatoms. The molecule has 0 unspecified atom stereocenters. The molecule has 0 radical (unpaired) electrons. The van der Waals surface area contributed by atoms with Gasteiger partial charge in [-0.3, -0.25) is 9.89 Å². The maximum absolute atomic E-state index is 12.0. The van der Waals surface area contributed by atoms with Crippen LogP contribution in [0.1, 0.15) is 16.1 Å². The minimum absolute atomic E-state index is 0.127. The third-order valence-corrected chi connectivity index (χ3v) is 2.44. The molecule has 1 heterocycles. The van der Waals surface area contributed by atoms with Gasteiger partial charge in [0.25, 0.3) is 5.91 Å². The Morgan fingerprint density at radius 2 is 2.12 bits per heavy atom. The summed E-state index contributed by atoms with van der Waals surface area (Å²) in [4.78, 5) is 13.6. The summed E-state index contributed by atoms with van der Waals surface area (Å²) in [6.07, 6.45) is 0. The fourth-order valence-corrected chi connectivity index (χ4v) is 1.58. The fraction of sp³-hybridized carbons (Fsp3) is 0.167. The molecule has 1 amide bonds. The highest BCUT2D eigenvalue weighted by Crippen LogP contribution is 2.08. The number of nitrogens with zero attached hydrogens (tertiary/aromatic N) is 2. The molecule has 5 nitrogen and oxygen atoms in total. The van der Waals surface area contributed by atoms with Gasteiger partial charge in [0.1, 0.15) is 11.5 Å². The highest BCUT2D eigenvalue weighted by atomic mass is 16.2. The molecule has 0 atom stereocenters. The zero-order valence-electron chi connectivity index (χ0n) is 9.55. The zero-order valence-corrected chi connectivity index (χ0v) is 9.55. The van der Waals surface area contributed by atoms with Crippen molar-refractivity contribution in [3.63, 3.8) is 0 Å². The highest BCUT2D eigenvalue weighted by molar-refractivity contribution is 5.92. The number of rotatable bonds is 3. The maximum atomic E-state index is 12.0. The fourth-order valence-electron chi connectivity index (χ4n) is 1.58. The normalized spacial score (nSPS) is 10.2. The van der Waals surface area contributed by atoms with Gasteiger partial charge in [-0.15, -0.1) is 0 Å². The first-order chi connectivity index (χ1) is 8.16. The third-order valence-electron chi connectivity index (χ3n) is 2.44. The lowest BCUT2D eigenvalue weighted by molar-refractivity contribution is 0.0779. The number of nitrogen functional groups attached to an aromatic ring is 1. The Bertz CT molecular complexity index is 506. The molecule has 2 rings (SSSR count). The van der Waals surface area contributed by atoms with E-state index < -0.39 is 0 Å². The number of hydrogen-bond acceptors (Lipinski definition) is 3. The topological polar surface area (TPSA) is 75.0 Å². The van der Waals surface area contributed by atoms with Crippen molar-refractivity contribution in [2.24, 2.45) is 0 Å². The molecular weight excluding hydrogens is 216 g/mol. The van der Waals surface area contributed by atoms with Crippen LogP contribution in [0.25, 0.3) is 0 Å². The largest absolute Gasteiger partial charge is 0.382 e. The number of H-pyrrole nitrogens is 1. The van der Waals surface area contributed by atoms with Gasteiger partial charge in [0.15, 0.2) is 0 Å². The summed E-state index contributed by atoms with van der Waals surface area (Å²) in [6, 6.07) is 11.3. The van der Waals surface area contributed by atoms with Crippen LogP contribution in [0, 0.1) is 0 Å². The van der Waals surface area contributed by atoms with E-state index >= 15 is 0 Å². The maximum Gasteiger partial charge on any atom is 0.271 e. The summed E-state index contributed by atoms with van der Waals surface area (Å²) in [5.74, 6) is 0.194. The molecule has 0 fully saturated rings. The van der Waals surface area contributed by atoms with Crippen molar-refractivity contribution in [1.29, 1.82) is 0 Å². The minimum atomic E-state index is -0.127. The van der Waals surface area contributed by atoms with Crippen molar-refractivity contribution >= 4 is 11.7 Å². The molecule has 0 aliphatic carbocycles. The number of hydrogen-bond donors (Lipinski definition) is 2. The second-order valence-electron chi connectivity index (χ2n) is 3.85. The third kappa shape index (κ3) is 2.63. The first-order valence-electron chi connectivity index (χ1n) is 5.27. The average Bonchev–Trinajstić information content (AvgIpc) is 2.76. The van der Waals surface area contributed by atoms with Crippen molar-refractivity contribution in [2.45, 2.75) is 6.54 Å². The molecule has 0 aliphatic rings. The Labute approximate surface area is 99.2 Å². The minimum Gasteiger partial charge on any atom is -0.382 e. The van der Waals surface area contributed by atoms with E-state index in [-0.39, 0.29) is 5.91 Å². The summed E-state index contributed by atoms with van der Waals surface area (Å²) in [5, 5.41) is 6.34. The Balaban J connectivity index is 2.06. The number of benzene rings is 1. The van der Waals surface area contributed by atoms with E-state index in [1.807, 2.05) is 30.3 Å². The number of aromatic amines is 1. The van der Waals surface area contributed by atoms with Crippen LogP contribution >= 0.6 is 0 Å². The van der Waals surface area contributed by atoms with Crippen molar-refractivity contribution in [3.05, 3.63) is 47.7 Å². The van der Waals surface area contributed by atoms with Gasteiger partial charge >= 0.3 is 0 Å². The summed E-state index contributed by atoms with van der Waals surface area (Å²) in [5.41, 5.74) is 6.94. The number of anilines is 1. The molecule has 2 aromatic rings. The van der Waals surface area contributed by atoms with Crippen molar-refractivity contribution in [1.82, 2.24) is 15.1 Å². The van der Waals surface area contributed by atoms with Gasteiger partial charge in [0.05, 0.1) is 0 Å². The summed E-state index contributed by atoms with van der Waals surface area (Å²) >= 11 is 0. The van der Waals surface area contributed by atoms with Gasteiger partial charge in [-0.05, 0) is 5.56 Å². The smallest absolute Gasteiger partial charge is 0.271 e. The quantitative estimate of drug-likeness (QED) is 0.833. The van der Waals surface area contributed by atoms with Crippen molar-refractivity contribution in [2.75, 3.05) is 12.8 Å². The monoisotopic (exact) mass is 230 g/mol. The van der Waals surface area contributed by atoms with Crippen molar-refractivity contribution < 1.29 is 4.79 Å². The first-order valence-corrected chi connectivity index (χ1v) is 5.27. The number of nitrogens with one attached hydrogen (secondary N) is 1. The van der Waals surface area contributed by atoms with E-state index in [1.165, 1.54) is 6.07 Å². The molecule has 3 N–H and O–H groups in total. The van der Waals surface area contributed by atoms with E-state index in [4.69, 9.17) is 5.73 Å². The lowest BCUT2D eigenvalue weighted by atomic mass is 10.2. The van der Waals surface area contributed by atoms with Gasteiger partial charge in [-0.25, -0.2) is 0 Å². The molecule has 0 spiro atoms. The van der Waals surface area contributed by atoms with Gasteiger partial charge in [0, 0.05) is 19.7 Å². The Morgan fingerprint density at radius 1 is 1.41 bits per heavy atom. The highest BCUT2D eigenvalue weighted by Gasteiger charge is 2.14. The van der Waals surface area contributed by atoms with E-state index in [0.29, 0.717) is 18.1 Å². The van der Waals surface area contributed by atoms with Crippen LogP contribution in [0.4, 0.5) is 5.82 Å². The predicted octanol–water partition coefficient (Wildman–Crippen LogP) is 1.26. The number of carbonyl (C=O) groups is 1. The molecule has 0 saturated heterocycles. The Hall–Kier alpha value is -2.30. The molecule has 88 valence electrons. The molecule has 0 saturated carbocycles. The van der Waals surface area contributed by atoms with Crippen LogP contribution in [0.5, 0.6) is 0 Å². The molecule has 1 aromatic heterocycles. The molecule has 0 bridgehead atoms. The predicted molar refractivity (Wildman–Crippen MR) is 65.2 cm³/mol. The number of amides is 1. The summed E-state index contributed by atoms with van der Waals surface area (Å²) in [7, 11) is 1.74. The SMILES string of the molecule is CN(Cc1ccccc1)C(=O)c1cc(N)n[nH]1. The van der Waals surface area contributed by atoms with Crippen LogP contribution in [0.2, 0.25) is 0 Å². The standard InChI is InChI=1S/C12H14N4O/c1-16(8-9-5-3-2-4-6-9)12(17)10-7-11(13)15-14-10/h2-7H,8H2,1H3,(H3,13,14,15). The average molecular weight is 230 g/mol. The van der Waals surface area contributed by atoms with Crippen LogP contribution < -0.4 is 5.73 Å². The van der Waals surface area contributed by atoms with Gasteiger partial charge in [-0.2, -0.15) is 5.10 Å². The van der Waals surface area contributed by atoms with Crippen LogP contribution in [0.3, 0.4) is 0 Å². The lowest BCUT2D eigenvalue weighted by Gasteiger charge is -2.15. The van der Waals surface area contributed by atoms with E-state index in [0.717, 1.165) is 5.56 Å². The molecule has 1 aromatic carbocycles. The van der Waals surface area contributed by atoms with E-state index in [9.17, 15) is 4.79 Å². The van der Waals surface area contributed by atoms with Crippen LogP contribution in [-0.2, 0) is 6.54 Å².